The number of hydrogen-bond donors (Lipinski definition) is 1. The molecule has 1 aromatic heterocycles. The van der Waals surface area contributed by atoms with Crippen molar-refractivity contribution in [2.24, 2.45) is 5.73 Å². The monoisotopic (exact) mass is 388 g/mol. The molecule has 0 radical (unpaired) electrons. The van der Waals surface area contributed by atoms with Gasteiger partial charge in [0.15, 0.2) is 0 Å². The summed E-state index contributed by atoms with van der Waals surface area (Å²) in [4.78, 5) is 4.15. The van der Waals surface area contributed by atoms with E-state index in [1.54, 1.807) is 12.4 Å². The molecule has 5 heteroatoms. The minimum Gasteiger partial charge on any atom is -0.492 e. The largest absolute Gasteiger partial charge is 0.492 e. The van der Waals surface area contributed by atoms with Crippen LogP contribution in [-0.4, -0.2) is 11.6 Å². The van der Waals surface area contributed by atoms with Gasteiger partial charge in [-0.3, -0.25) is 4.98 Å². The molecule has 1 unspecified atom stereocenters. The Morgan fingerprint density at radius 3 is 2.79 bits per heavy atom. The van der Waals surface area contributed by atoms with E-state index in [2.05, 4.69) is 27.6 Å². The number of ether oxygens (including phenoxy) is 1. The summed E-state index contributed by atoms with van der Waals surface area (Å²) in [6.45, 7) is 2.54. The van der Waals surface area contributed by atoms with Crippen LogP contribution in [0.25, 0.3) is 0 Å². The second kappa shape index (κ2) is 6.54. The van der Waals surface area contributed by atoms with Crippen molar-refractivity contribution < 1.29 is 4.74 Å². The lowest BCUT2D eigenvalue weighted by Crippen LogP contribution is -2.12. The van der Waals surface area contributed by atoms with Crippen molar-refractivity contribution in [3.8, 4) is 5.75 Å². The molecule has 0 saturated carbocycles. The smallest absolute Gasteiger partial charge is 0.137 e. The highest BCUT2D eigenvalue weighted by Crippen LogP contribution is 2.26. The second-order valence-electron chi connectivity index (χ2n) is 4.04. The van der Waals surface area contributed by atoms with E-state index in [1.165, 1.54) is 0 Å². The molecule has 0 saturated heterocycles. The van der Waals surface area contributed by atoms with Crippen LogP contribution in [0, 0.1) is 3.57 Å². The third-order valence-corrected chi connectivity index (χ3v) is 4.28. The Morgan fingerprint density at radius 1 is 1.32 bits per heavy atom. The Kier molecular flexibility index (Phi) is 5.01. The Hall–Kier alpha value is -0.850. The summed E-state index contributed by atoms with van der Waals surface area (Å²) < 4.78 is 6.44. The van der Waals surface area contributed by atoms with E-state index >= 15 is 0 Å². The molecule has 19 heavy (non-hydrogen) atoms. The minimum absolute atomic E-state index is 0.262. The second-order valence-corrected chi connectivity index (χ2v) is 5.61. The molecule has 0 aliphatic heterocycles. The SMILES string of the molecule is CCOc1cncc(C(N)c2ccc(I)c(Cl)c2)c1. The Balaban J connectivity index is 2.29. The van der Waals surface area contributed by atoms with Gasteiger partial charge in [-0.2, -0.15) is 0 Å². The number of halogens is 2. The van der Waals surface area contributed by atoms with Gasteiger partial charge in [-0.05, 0) is 58.8 Å². The molecule has 3 nitrogen and oxygen atoms in total. The zero-order valence-corrected chi connectivity index (χ0v) is 13.4. The van der Waals surface area contributed by atoms with Crippen LogP contribution in [0.3, 0.4) is 0 Å². The highest BCUT2D eigenvalue weighted by atomic mass is 127. The van der Waals surface area contributed by atoms with Crippen LogP contribution in [0.5, 0.6) is 5.75 Å². The van der Waals surface area contributed by atoms with Crippen LogP contribution < -0.4 is 10.5 Å². The number of nitrogens with two attached hydrogens (primary N) is 1. The highest BCUT2D eigenvalue weighted by molar-refractivity contribution is 14.1. The summed E-state index contributed by atoms with van der Waals surface area (Å²) in [5.74, 6) is 0.729. The minimum atomic E-state index is -0.262. The fourth-order valence-electron chi connectivity index (χ4n) is 1.75. The number of benzene rings is 1. The molecule has 0 aliphatic rings. The molecular weight excluding hydrogens is 375 g/mol. The molecule has 0 fully saturated rings. The van der Waals surface area contributed by atoms with E-state index in [0.717, 1.165) is 20.4 Å². The van der Waals surface area contributed by atoms with Crippen LogP contribution in [0.4, 0.5) is 0 Å². The summed E-state index contributed by atoms with van der Waals surface area (Å²) in [5, 5.41) is 0.711. The van der Waals surface area contributed by atoms with Crippen LogP contribution in [0.1, 0.15) is 24.1 Å². The van der Waals surface area contributed by atoms with E-state index in [9.17, 15) is 0 Å². The van der Waals surface area contributed by atoms with Gasteiger partial charge in [0.05, 0.1) is 23.9 Å². The number of rotatable bonds is 4. The van der Waals surface area contributed by atoms with Crippen LogP contribution in [-0.2, 0) is 0 Å². The van der Waals surface area contributed by atoms with E-state index in [0.29, 0.717) is 11.6 Å². The average molecular weight is 389 g/mol. The van der Waals surface area contributed by atoms with Crippen molar-refractivity contribution in [2.45, 2.75) is 13.0 Å². The third-order valence-electron chi connectivity index (χ3n) is 2.71. The first kappa shape index (κ1) is 14.6. The van der Waals surface area contributed by atoms with Gasteiger partial charge in [-0.1, -0.05) is 17.7 Å². The molecule has 1 atom stereocenters. The topological polar surface area (TPSA) is 48.1 Å². The van der Waals surface area contributed by atoms with Gasteiger partial charge in [0.2, 0.25) is 0 Å². The third kappa shape index (κ3) is 3.58. The van der Waals surface area contributed by atoms with E-state index in [4.69, 9.17) is 22.1 Å². The molecule has 0 spiro atoms. The van der Waals surface area contributed by atoms with Gasteiger partial charge in [-0.15, -0.1) is 0 Å². The summed E-state index contributed by atoms with van der Waals surface area (Å²) in [5.41, 5.74) is 8.11. The Bertz CT molecular complexity index is 577. The van der Waals surface area contributed by atoms with Gasteiger partial charge >= 0.3 is 0 Å². The van der Waals surface area contributed by atoms with E-state index in [-0.39, 0.29) is 6.04 Å². The van der Waals surface area contributed by atoms with Crippen LogP contribution in [0.2, 0.25) is 5.02 Å². The van der Waals surface area contributed by atoms with Gasteiger partial charge in [0.1, 0.15) is 5.75 Å². The maximum Gasteiger partial charge on any atom is 0.137 e. The van der Waals surface area contributed by atoms with Gasteiger partial charge in [0.25, 0.3) is 0 Å². The lowest BCUT2D eigenvalue weighted by atomic mass is 10.0. The first-order valence-electron chi connectivity index (χ1n) is 5.90. The van der Waals surface area contributed by atoms with Crippen molar-refractivity contribution in [1.82, 2.24) is 4.98 Å². The van der Waals surface area contributed by atoms with Gasteiger partial charge < -0.3 is 10.5 Å². The van der Waals surface area contributed by atoms with Gasteiger partial charge in [0, 0.05) is 9.77 Å². The van der Waals surface area contributed by atoms with E-state index in [1.807, 2.05) is 31.2 Å². The lowest BCUT2D eigenvalue weighted by molar-refractivity contribution is 0.338. The van der Waals surface area contributed by atoms with Crippen molar-refractivity contribution in [1.29, 1.82) is 0 Å². The average Bonchev–Trinajstić information content (AvgIpc) is 2.42. The summed E-state index contributed by atoms with van der Waals surface area (Å²) >= 11 is 8.31. The zero-order chi connectivity index (χ0) is 13.8. The van der Waals surface area contributed by atoms with Crippen LogP contribution in [0.15, 0.2) is 36.7 Å². The van der Waals surface area contributed by atoms with E-state index < -0.39 is 0 Å². The predicted molar refractivity (Wildman–Crippen MR) is 85.6 cm³/mol. The number of aromatic nitrogens is 1. The Morgan fingerprint density at radius 2 is 2.11 bits per heavy atom. The number of pyridine rings is 1. The fourth-order valence-corrected chi connectivity index (χ4v) is 2.27. The molecule has 0 aliphatic carbocycles. The molecule has 2 rings (SSSR count). The first-order valence-corrected chi connectivity index (χ1v) is 7.35. The first-order chi connectivity index (χ1) is 9.11. The Labute approximate surface area is 131 Å². The summed E-state index contributed by atoms with van der Waals surface area (Å²) in [6, 6.07) is 7.47. The summed E-state index contributed by atoms with van der Waals surface area (Å²) in [6.07, 6.45) is 3.43. The number of hydrogen-bond acceptors (Lipinski definition) is 3. The fraction of sp³-hybridized carbons (Fsp3) is 0.214. The van der Waals surface area contributed by atoms with Crippen molar-refractivity contribution in [3.63, 3.8) is 0 Å². The molecule has 1 heterocycles. The standard InChI is InChI=1S/C14H14ClIN2O/c1-2-19-11-5-10(7-18-8-11)14(17)9-3-4-13(16)12(15)6-9/h3-8,14H,2,17H2,1H3. The van der Waals surface area contributed by atoms with Gasteiger partial charge in [-0.25, -0.2) is 0 Å². The number of nitrogens with zero attached hydrogens (tertiary/aromatic N) is 1. The molecule has 1 aromatic carbocycles. The van der Waals surface area contributed by atoms with Crippen LogP contribution >= 0.6 is 34.2 Å². The predicted octanol–water partition coefficient (Wildman–Crippen LogP) is 3.79. The molecule has 2 aromatic rings. The molecule has 2 N–H and O–H groups in total. The lowest BCUT2D eigenvalue weighted by Gasteiger charge is -2.14. The maximum absolute atomic E-state index is 6.24. The zero-order valence-electron chi connectivity index (χ0n) is 10.4. The normalized spacial score (nSPS) is 12.2. The van der Waals surface area contributed by atoms with Crippen molar-refractivity contribution >= 4 is 34.2 Å². The van der Waals surface area contributed by atoms with Crippen molar-refractivity contribution in [2.75, 3.05) is 6.61 Å². The highest BCUT2D eigenvalue weighted by Gasteiger charge is 2.11. The van der Waals surface area contributed by atoms with Crippen molar-refractivity contribution in [3.05, 3.63) is 56.4 Å². The molecule has 0 bridgehead atoms. The summed E-state index contributed by atoms with van der Waals surface area (Å²) in [7, 11) is 0. The molecule has 0 amide bonds. The quantitative estimate of drug-likeness (QED) is 0.811. The maximum atomic E-state index is 6.24. The molecule has 100 valence electrons. The molecular formula is C14H14ClIN2O.